The van der Waals surface area contributed by atoms with E-state index in [4.69, 9.17) is 9.15 Å². The summed E-state index contributed by atoms with van der Waals surface area (Å²) in [5, 5.41) is 0. The molecule has 0 aliphatic carbocycles. The lowest BCUT2D eigenvalue weighted by Gasteiger charge is -2.04. The van der Waals surface area contributed by atoms with E-state index in [0.717, 1.165) is 12.8 Å². The summed E-state index contributed by atoms with van der Waals surface area (Å²) in [4.78, 5) is 15.8. The van der Waals surface area contributed by atoms with Gasteiger partial charge in [-0.2, -0.15) is 0 Å². The highest BCUT2D eigenvalue weighted by atomic mass is 16.5. The molecule has 1 heterocycles. The zero-order valence-corrected chi connectivity index (χ0v) is 14.5. The Morgan fingerprint density at radius 3 is 2.00 bits per heavy atom. The van der Waals surface area contributed by atoms with Gasteiger partial charge in [0.25, 0.3) is 0 Å². The molecule has 0 amide bonds. The number of aromatic nitrogens is 1. The second kappa shape index (κ2) is 11.3. The van der Waals surface area contributed by atoms with Gasteiger partial charge in [0, 0.05) is 6.92 Å². The Hall–Kier alpha value is -1.32. The van der Waals surface area contributed by atoms with Gasteiger partial charge in [-0.05, 0) is 13.3 Å². The number of esters is 1. The van der Waals surface area contributed by atoms with Crippen molar-refractivity contribution in [2.45, 2.75) is 85.0 Å². The van der Waals surface area contributed by atoms with Crippen LogP contribution in [0.3, 0.4) is 0 Å². The van der Waals surface area contributed by atoms with Crippen molar-refractivity contribution < 1.29 is 13.9 Å². The number of carbonyl (C=O) groups is 1. The number of unbranched alkanes of at least 4 members (excludes halogenated alkanes) is 9. The predicted octanol–water partition coefficient (Wildman–Crippen LogP) is 5.37. The van der Waals surface area contributed by atoms with Crippen molar-refractivity contribution in [3.63, 3.8) is 0 Å². The Morgan fingerprint density at radius 2 is 1.50 bits per heavy atom. The quantitative estimate of drug-likeness (QED) is 0.385. The molecule has 126 valence electrons. The number of oxazole rings is 1. The van der Waals surface area contributed by atoms with Crippen LogP contribution in [0.25, 0.3) is 0 Å². The summed E-state index contributed by atoms with van der Waals surface area (Å²) in [6.07, 6.45) is 12.7. The average Bonchev–Trinajstić information content (AvgIpc) is 2.83. The van der Waals surface area contributed by atoms with Crippen molar-refractivity contribution in [3.05, 3.63) is 17.3 Å². The van der Waals surface area contributed by atoms with Gasteiger partial charge < -0.3 is 9.15 Å². The molecule has 0 spiro atoms. The van der Waals surface area contributed by atoms with E-state index in [2.05, 4.69) is 11.9 Å². The lowest BCUT2D eigenvalue weighted by molar-refractivity contribution is 0.0489. The van der Waals surface area contributed by atoms with E-state index in [0.29, 0.717) is 24.0 Å². The minimum absolute atomic E-state index is 0.310. The normalized spacial score (nSPS) is 10.9. The maximum Gasteiger partial charge on any atom is 0.360 e. The lowest BCUT2D eigenvalue weighted by Crippen LogP contribution is -2.08. The van der Waals surface area contributed by atoms with Gasteiger partial charge in [-0.3, -0.25) is 0 Å². The van der Waals surface area contributed by atoms with Crippen LogP contribution >= 0.6 is 0 Å². The van der Waals surface area contributed by atoms with Crippen LogP contribution < -0.4 is 0 Å². The summed E-state index contributed by atoms with van der Waals surface area (Å²) in [7, 11) is 0. The third kappa shape index (κ3) is 7.62. The SMILES string of the molecule is CCCCCCCCCCCCOC(=O)c1nc(C)oc1C. The van der Waals surface area contributed by atoms with Crippen LogP contribution in [0.4, 0.5) is 0 Å². The second-order valence-corrected chi connectivity index (χ2v) is 5.96. The van der Waals surface area contributed by atoms with Crippen LogP contribution in [-0.2, 0) is 4.74 Å². The monoisotopic (exact) mass is 309 g/mol. The summed E-state index contributed by atoms with van der Waals surface area (Å²) < 4.78 is 10.5. The fourth-order valence-corrected chi connectivity index (χ4v) is 2.54. The molecule has 0 N–H and O–H groups in total. The largest absolute Gasteiger partial charge is 0.461 e. The number of aryl methyl sites for hydroxylation is 2. The molecular weight excluding hydrogens is 278 g/mol. The molecule has 0 aromatic carbocycles. The first-order chi connectivity index (χ1) is 10.6. The molecule has 1 aromatic heterocycles. The first kappa shape index (κ1) is 18.7. The molecule has 4 heteroatoms. The van der Waals surface area contributed by atoms with Gasteiger partial charge in [-0.15, -0.1) is 0 Å². The van der Waals surface area contributed by atoms with E-state index in [9.17, 15) is 4.79 Å². The fraction of sp³-hybridized carbons (Fsp3) is 0.778. The van der Waals surface area contributed by atoms with Crippen LogP contribution in [0.5, 0.6) is 0 Å². The van der Waals surface area contributed by atoms with E-state index >= 15 is 0 Å². The molecule has 4 nitrogen and oxygen atoms in total. The standard InChI is InChI=1S/C18H31NO3/c1-4-5-6-7-8-9-10-11-12-13-14-21-18(20)17-15(2)22-16(3)19-17/h4-14H2,1-3H3. The van der Waals surface area contributed by atoms with Crippen LogP contribution in [0.1, 0.15) is 93.3 Å². The summed E-state index contributed by atoms with van der Waals surface area (Å²) >= 11 is 0. The van der Waals surface area contributed by atoms with E-state index in [-0.39, 0.29) is 5.97 Å². The molecule has 1 aromatic rings. The van der Waals surface area contributed by atoms with E-state index in [1.807, 2.05) is 0 Å². The molecule has 0 unspecified atom stereocenters. The Labute approximate surface area is 134 Å². The highest BCUT2D eigenvalue weighted by Gasteiger charge is 2.16. The smallest absolute Gasteiger partial charge is 0.360 e. The summed E-state index contributed by atoms with van der Waals surface area (Å²) in [6, 6.07) is 0. The van der Waals surface area contributed by atoms with Crippen molar-refractivity contribution in [1.82, 2.24) is 4.98 Å². The first-order valence-electron chi connectivity index (χ1n) is 8.76. The van der Waals surface area contributed by atoms with Gasteiger partial charge >= 0.3 is 5.97 Å². The summed E-state index contributed by atoms with van der Waals surface area (Å²) in [5.41, 5.74) is 0.310. The van der Waals surface area contributed by atoms with Gasteiger partial charge in [0.1, 0.15) is 5.76 Å². The molecule has 0 bridgehead atoms. The highest BCUT2D eigenvalue weighted by molar-refractivity contribution is 5.88. The number of hydrogen-bond donors (Lipinski definition) is 0. The van der Waals surface area contributed by atoms with Gasteiger partial charge in [0.05, 0.1) is 6.61 Å². The summed E-state index contributed by atoms with van der Waals surface area (Å²) in [5.74, 6) is 0.666. The third-order valence-corrected chi connectivity index (χ3v) is 3.83. The number of nitrogens with zero attached hydrogens (tertiary/aromatic N) is 1. The molecular formula is C18H31NO3. The first-order valence-corrected chi connectivity index (χ1v) is 8.76. The minimum Gasteiger partial charge on any atom is -0.461 e. The number of hydrogen-bond acceptors (Lipinski definition) is 4. The Balaban J connectivity index is 1.95. The Morgan fingerprint density at radius 1 is 0.955 bits per heavy atom. The van der Waals surface area contributed by atoms with Gasteiger partial charge in [-0.1, -0.05) is 64.7 Å². The summed E-state index contributed by atoms with van der Waals surface area (Å²) in [6.45, 7) is 6.18. The van der Waals surface area contributed by atoms with E-state index in [1.165, 1.54) is 51.4 Å². The number of rotatable bonds is 12. The zero-order chi connectivity index (χ0) is 16.2. The molecule has 0 fully saturated rings. The predicted molar refractivity (Wildman–Crippen MR) is 88.1 cm³/mol. The highest BCUT2D eigenvalue weighted by Crippen LogP contribution is 2.12. The van der Waals surface area contributed by atoms with Crippen molar-refractivity contribution in [3.8, 4) is 0 Å². The van der Waals surface area contributed by atoms with Gasteiger partial charge in [0.15, 0.2) is 11.6 Å². The van der Waals surface area contributed by atoms with Gasteiger partial charge in [-0.25, -0.2) is 9.78 Å². The fourth-order valence-electron chi connectivity index (χ4n) is 2.54. The Bertz CT molecular complexity index is 426. The molecule has 0 saturated carbocycles. The molecule has 1 rings (SSSR count). The lowest BCUT2D eigenvalue weighted by atomic mass is 10.1. The topological polar surface area (TPSA) is 52.3 Å². The molecule has 0 aliphatic heterocycles. The van der Waals surface area contributed by atoms with Crippen LogP contribution in [0.15, 0.2) is 4.42 Å². The molecule has 0 saturated heterocycles. The number of carbonyl (C=O) groups excluding carboxylic acids is 1. The molecule has 22 heavy (non-hydrogen) atoms. The average molecular weight is 309 g/mol. The molecule has 0 radical (unpaired) electrons. The van der Waals surface area contributed by atoms with Crippen molar-refractivity contribution in [2.24, 2.45) is 0 Å². The van der Waals surface area contributed by atoms with Crippen LogP contribution in [0, 0.1) is 13.8 Å². The van der Waals surface area contributed by atoms with Crippen molar-refractivity contribution >= 4 is 5.97 Å². The maximum atomic E-state index is 11.8. The van der Waals surface area contributed by atoms with Crippen LogP contribution in [0.2, 0.25) is 0 Å². The van der Waals surface area contributed by atoms with E-state index < -0.39 is 0 Å². The molecule has 0 aliphatic rings. The van der Waals surface area contributed by atoms with Crippen molar-refractivity contribution in [1.29, 1.82) is 0 Å². The van der Waals surface area contributed by atoms with Crippen molar-refractivity contribution in [2.75, 3.05) is 6.61 Å². The Kier molecular flexibility index (Phi) is 9.60. The third-order valence-electron chi connectivity index (χ3n) is 3.83. The minimum atomic E-state index is -0.370. The number of ether oxygens (including phenoxy) is 1. The molecule has 0 atom stereocenters. The second-order valence-electron chi connectivity index (χ2n) is 5.96. The van der Waals surface area contributed by atoms with E-state index in [1.54, 1.807) is 13.8 Å². The van der Waals surface area contributed by atoms with Crippen LogP contribution in [-0.4, -0.2) is 17.6 Å². The maximum absolute atomic E-state index is 11.8. The zero-order valence-electron chi connectivity index (χ0n) is 14.5. The van der Waals surface area contributed by atoms with Gasteiger partial charge in [0.2, 0.25) is 0 Å².